The van der Waals surface area contributed by atoms with Crippen molar-refractivity contribution in [3.8, 4) is 28.5 Å². The van der Waals surface area contributed by atoms with Crippen molar-refractivity contribution in [2.24, 2.45) is 14.1 Å². The van der Waals surface area contributed by atoms with Gasteiger partial charge in [-0.3, -0.25) is 19.1 Å². The first-order valence-corrected chi connectivity index (χ1v) is 15.2. The number of likely N-dealkylation sites (N-methyl/N-ethyl adjacent to an activating group) is 1. The Hall–Kier alpha value is -4.49. The number of carbonyl (C=O) groups excluding carboxylic acids is 1. The van der Waals surface area contributed by atoms with Crippen molar-refractivity contribution >= 4 is 33.5 Å². The molecule has 10 heteroatoms. The average Bonchev–Trinajstić information content (AvgIpc) is 3.84. The summed E-state index contributed by atoms with van der Waals surface area (Å²) in [6, 6.07) is 8.93. The van der Waals surface area contributed by atoms with E-state index in [4.69, 9.17) is 4.98 Å². The number of benzene rings is 1. The molecule has 1 amide bonds. The molecule has 2 fully saturated rings. The van der Waals surface area contributed by atoms with Crippen molar-refractivity contribution in [1.82, 2.24) is 34.4 Å². The summed E-state index contributed by atoms with van der Waals surface area (Å²) in [5, 5.41) is 20.7. The Morgan fingerprint density at radius 3 is 2.53 bits per heavy atom. The van der Waals surface area contributed by atoms with Crippen LogP contribution >= 0.6 is 0 Å². The number of nitrogens with one attached hydrogen (secondary N) is 1. The van der Waals surface area contributed by atoms with Gasteiger partial charge in [-0.25, -0.2) is 4.98 Å². The highest BCUT2D eigenvalue weighted by atomic mass is 16.2. The number of anilines is 1. The van der Waals surface area contributed by atoms with Crippen molar-refractivity contribution in [3.63, 3.8) is 0 Å². The van der Waals surface area contributed by atoms with Crippen LogP contribution in [0.3, 0.4) is 0 Å². The lowest BCUT2D eigenvalue weighted by atomic mass is 9.71. The molecule has 1 N–H and O–H groups in total. The Kier molecular flexibility index (Phi) is 5.63. The molecule has 8 rings (SSSR count). The van der Waals surface area contributed by atoms with Gasteiger partial charge < -0.3 is 9.88 Å². The van der Waals surface area contributed by atoms with E-state index in [1.54, 1.807) is 4.68 Å². The summed E-state index contributed by atoms with van der Waals surface area (Å²) in [6.45, 7) is 1.61. The van der Waals surface area contributed by atoms with E-state index in [1.165, 1.54) is 12.8 Å². The predicted octanol–water partition coefficient (Wildman–Crippen LogP) is 5.30. The number of hydrogen-bond acceptors (Lipinski definition) is 6. The van der Waals surface area contributed by atoms with Gasteiger partial charge in [0, 0.05) is 74.9 Å². The minimum Gasteiger partial charge on any atom is -0.339 e. The molecule has 0 radical (unpaired) electrons. The molecule has 0 atom stereocenters. The monoisotopic (exact) mass is 575 g/mol. The molecule has 1 spiro atoms. The number of piperidine rings is 1. The summed E-state index contributed by atoms with van der Waals surface area (Å²) in [6.07, 6.45) is 14.1. The molecule has 4 aromatic heterocycles. The van der Waals surface area contributed by atoms with Crippen LogP contribution in [0, 0.1) is 11.3 Å². The molecule has 43 heavy (non-hydrogen) atoms. The van der Waals surface area contributed by atoms with Crippen LogP contribution in [0.2, 0.25) is 0 Å². The normalized spacial score (nSPS) is 19.6. The van der Waals surface area contributed by atoms with Crippen molar-refractivity contribution in [1.29, 1.82) is 5.26 Å². The van der Waals surface area contributed by atoms with E-state index in [0.717, 1.165) is 94.3 Å². The first kappa shape index (κ1) is 26.2. The summed E-state index contributed by atoms with van der Waals surface area (Å²) < 4.78 is 3.69. The molecule has 1 saturated heterocycles. The Labute approximate surface area is 251 Å². The maximum atomic E-state index is 14.3. The highest BCUT2D eigenvalue weighted by Gasteiger charge is 2.55. The van der Waals surface area contributed by atoms with Gasteiger partial charge in [-0.2, -0.15) is 15.5 Å². The first-order chi connectivity index (χ1) is 20.8. The second-order valence-corrected chi connectivity index (χ2v) is 12.8. The Morgan fingerprint density at radius 2 is 1.81 bits per heavy atom. The first-order valence-electron chi connectivity index (χ1n) is 15.2. The topological polar surface area (TPSA) is 112 Å². The lowest BCUT2D eigenvalue weighted by Gasteiger charge is -2.47. The maximum absolute atomic E-state index is 14.3. The Morgan fingerprint density at radius 1 is 1.02 bits per heavy atom. The highest BCUT2D eigenvalue weighted by Crippen LogP contribution is 2.54. The molecule has 220 valence electrons. The lowest BCUT2D eigenvalue weighted by molar-refractivity contribution is -0.125. The molecule has 1 aromatic carbocycles. The number of pyridine rings is 1. The molecule has 6 heterocycles. The molecule has 1 aliphatic carbocycles. The van der Waals surface area contributed by atoms with Gasteiger partial charge in [-0.1, -0.05) is 18.9 Å². The van der Waals surface area contributed by atoms with E-state index in [-0.39, 0.29) is 12.9 Å². The van der Waals surface area contributed by atoms with Crippen LogP contribution in [0.25, 0.3) is 44.3 Å². The van der Waals surface area contributed by atoms with Crippen molar-refractivity contribution in [2.75, 3.05) is 25.0 Å². The molecule has 0 bridgehead atoms. The molecular formula is C33H37N9O. The zero-order valence-corrected chi connectivity index (χ0v) is 24.9. The fourth-order valence-corrected chi connectivity index (χ4v) is 8.41. The number of likely N-dealkylation sites (tertiary alicyclic amines) is 1. The predicted molar refractivity (Wildman–Crippen MR) is 167 cm³/mol. The van der Waals surface area contributed by atoms with Crippen molar-refractivity contribution < 1.29 is 6.22 Å². The van der Waals surface area contributed by atoms with Gasteiger partial charge in [-0.15, -0.1) is 0 Å². The second-order valence-electron chi connectivity index (χ2n) is 12.8. The van der Waals surface area contributed by atoms with Gasteiger partial charge in [0.05, 0.1) is 53.4 Å². The number of aromatic nitrogens is 6. The van der Waals surface area contributed by atoms with E-state index < -0.39 is 5.41 Å². The molecule has 1 saturated carbocycles. The third kappa shape index (κ3) is 3.61. The summed E-state index contributed by atoms with van der Waals surface area (Å²) in [4.78, 5) is 27.2. The van der Waals surface area contributed by atoms with E-state index in [0.29, 0.717) is 6.42 Å². The molecule has 10 nitrogen and oxygen atoms in total. The van der Waals surface area contributed by atoms with Crippen LogP contribution < -0.4 is 4.90 Å². The zero-order chi connectivity index (χ0) is 29.5. The number of hydrogen-bond donors (Lipinski definition) is 1. The molecular weight excluding hydrogens is 538 g/mol. The van der Waals surface area contributed by atoms with E-state index in [9.17, 15) is 10.1 Å². The summed E-state index contributed by atoms with van der Waals surface area (Å²) in [5.41, 5.74) is 7.12. The Balaban J connectivity index is 0.00000312. The van der Waals surface area contributed by atoms with Crippen molar-refractivity contribution in [3.05, 3.63) is 48.5 Å². The van der Waals surface area contributed by atoms with Crippen LogP contribution in [0.15, 0.2) is 43.0 Å². The van der Waals surface area contributed by atoms with Gasteiger partial charge in [0.15, 0.2) is 0 Å². The third-order valence-electron chi connectivity index (χ3n) is 10.6. The van der Waals surface area contributed by atoms with Gasteiger partial charge in [0.2, 0.25) is 5.91 Å². The number of aromatic amines is 1. The number of fused-ring (bicyclic) bond motifs is 5. The van der Waals surface area contributed by atoms with E-state index >= 15 is 0 Å². The van der Waals surface area contributed by atoms with Crippen LogP contribution in [0.1, 0.15) is 51.9 Å². The van der Waals surface area contributed by atoms with E-state index in [1.807, 2.05) is 55.5 Å². The Bertz CT molecular complexity index is 1960. The second kappa shape index (κ2) is 9.25. The van der Waals surface area contributed by atoms with Gasteiger partial charge in [0.1, 0.15) is 5.65 Å². The van der Waals surface area contributed by atoms with Gasteiger partial charge >= 0.3 is 0 Å². The average molecular weight is 576 g/mol. The number of nitriles is 1. The van der Waals surface area contributed by atoms with Crippen LogP contribution in [-0.2, 0) is 24.3 Å². The number of rotatable bonds is 4. The highest BCUT2D eigenvalue weighted by molar-refractivity contribution is 6.16. The molecule has 3 aliphatic rings. The summed E-state index contributed by atoms with van der Waals surface area (Å²) in [5.74, 6) is 0.148. The molecule has 0 unspecified atom stereocenters. The largest absolute Gasteiger partial charge is 0.339 e. The third-order valence-corrected chi connectivity index (χ3v) is 10.6. The number of nitrogens with zero attached hydrogens (tertiary/aromatic N) is 8. The summed E-state index contributed by atoms with van der Waals surface area (Å²) >= 11 is 0. The standard InChI is InChI=1S/C33H35N9O.H2/c1-39-20-23(18-36-39)29-26(21-6-7-24-22(16-21)17-37-41(24)3)27-28-25(19-35-30(27)38-29)40(2)31(43)33(28)11-14-42(15-12-33)32(10-13-34)8-4-5-9-32;/h6-7,16-20H,4-5,8-12,14-15H2,1-3H3,(H,35,38);1H. The minimum absolute atomic E-state index is 0. The van der Waals surface area contributed by atoms with Gasteiger partial charge in [-0.05, 0) is 43.4 Å². The number of amides is 1. The van der Waals surface area contributed by atoms with E-state index in [2.05, 4.69) is 44.3 Å². The fraction of sp³-hybridized carbons (Fsp3) is 0.424. The fourth-order valence-electron chi connectivity index (χ4n) is 8.41. The van der Waals surface area contributed by atoms with Crippen LogP contribution in [0.5, 0.6) is 0 Å². The van der Waals surface area contributed by atoms with Crippen molar-refractivity contribution in [2.45, 2.75) is 55.9 Å². The van der Waals surface area contributed by atoms with Gasteiger partial charge in [0.25, 0.3) is 0 Å². The summed E-state index contributed by atoms with van der Waals surface area (Å²) in [7, 11) is 5.76. The minimum atomic E-state index is -0.643. The molecule has 2 aliphatic heterocycles. The number of aryl methyl sites for hydroxylation is 2. The molecule has 5 aromatic rings. The van der Waals surface area contributed by atoms with Crippen LogP contribution in [-0.4, -0.2) is 66.0 Å². The SMILES string of the molecule is CN1C(=O)C2(CCN(C3(CC#N)CCCC3)CC2)c2c1cnc1[nH]c(-c3cnn(C)c3)c(-c3ccc4c(cnn4C)c3)c21.[HH]. The zero-order valence-electron chi connectivity index (χ0n) is 24.9. The smallest absolute Gasteiger partial charge is 0.237 e. The quantitative estimate of drug-likeness (QED) is 0.311. The maximum Gasteiger partial charge on any atom is 0.237 e. The lowest BCUT2D eigenvalue weighted by Crippen LogP contribution is -2.55. The number of H-pyrrole nitrogens is 1. The van der Waals surface area contributed by atoms with Crippen LogP contribution in [0.4, 0.5) is 5.69 Å². The number of carbonyl (C=O) groups is 1.